The van der Waals surface area contributed by atoms with Crippen molar-refractivity contribution in [1.29, 1.82) is 0 Å². The maximum absolute atomic E-state index is 12.8. The van der Waals surface area contributed by atoms with Crippen LogP contribution in [0.15, 0.2) is 53.5 Å². The van der Waals surface area contributed by atoms with Crippen molar-refractivity contribution in [2.45, 2.75) is 56.5 Å². The SMILES string of the molecule is COC(=O)C1C(c2ccc(Cl)cc2)CC2CCC1N2CCCCc1ccc(N=C=S)cc1. The molecule has 0 spiro atoms. The highest BCUT2D eigenvalue weighted by Crippen LogP contribution is 2.47. The topological polar surface area (TPSA) is 41.9 Å². The number of aliphatic imine (C=N–C) groups is 1. The lowest BCUT2D eigenvalue weighted by molar-refractivity contribution is -0.150. The zero-order valence-corrected chi connectivity index (χ0v) is 19.9. The van der Waals surface area contributed by atoms with Crippen LogP contribution in [0.3, 0.4) is 0 Å². The molecule has 0 radical (unpaired) electrons. The third-order valence-electron chi connectivity index (χ3n) is 7.08. The predicted molar refractivity (Wildman–Crippen MR) is 132 cm³/mol. The molecule has 2 saturated heterocycles. The Bertz CT molecular complexity index is 972. The van der Waals surface area contributed by atoms with Gasteiger partial charge in [-0.3, -0.25) is 9.69 Å². The highest BCUT2D eigenvalue weighted by atomic mass is 35.5. The average molecular weight is 469 g/mol. The molecule has 0 aromatic heterocycles. The fourth-order valence-electron chi connectivity index (χ4n) is 5.59. The van der Waals surface area contributed by atoms with Crippen LogP contribution in [0.25, 0.3) is 0 Å². The maximum atomic E-state index is 12.8. The molecule has 2 aliphatic heterocycles. The molecular formula is C26H29ClN2O2S. The van der Waals surface area contributed by atoms with E-state index in [0.717, 1.165) is 55.8 Å². The van der Waals surface area contributed by atoms with Crippen LogP contribution >= 0.6 is 23.8 Å². The van der Waals surface area contributed by atoms with Crippen molar-refractivity contribution in [2.24, 2.45) is 10.9 Å². The summed E-state index contributed by atoms with van der Waals surface area (Å²) in [5.41, 5.74) is 3.35. The van der Waals surface area contributed by atoms with Gasteiger partial charge in [-0.15, -0.1) is 0 Å². The van der Waals surface area contributed by atoms with Crippen molar-refractivity contribution >= 4 is 40.6 Å². The molecule has 0 aliphatic carbocycles. The first kappa shape index (κ1) is 23.1. The van der Waals surface area contributed by atoms with Crippen LogP contribution in [-0.4, -0.2) is 41.8 Å². The molecule has 32 heavy (non-hydrogen) atoms. The smallest absolute Gasteiger partial charge is 0.310 e. The minimum Gasteiger partial charge on any atom is -0.469 e. The summed E-state index contributed by atoms with van der Waals surface area (Å²) in [5, 5.41) is 3.13. The summed E-state index contributed by atoms with van der Waals surface area (Å²) < 4.78 is 5.26. The molecule has 0 saturated carbocycles. The van der Waals surface area contributed by atoms with Gasteiger partial charge < -0.3 is 4.74 Å². The zero-order valence-electron chi connectivity index (χ0n) is 18.4. The monoisotopic (exact) mass is 468 g/mol. The molecule has 4 atom stereocenters. The number of thiocarbonyl (C=S) groups is 1. The Hall–Kier alpha value is -2.04. The van der Waals surface area contributed by atoms with Crippen LogP contribution in [0.4, 0.5) is 5.69 Å². The van der Waals surface area contributed by atoms with Gasteiger partial charge in [-0.05, 0) is 92.7 Å². The van der Waals surface area contributed by atoms with E-state index in [1.165, 1.54) is 18.2 Å². The quantitative estimate of drug-likeness (QED) is 0.200. The summed E-state index contributed by atoms with van der Waals surface area (Å²) in [5.74, 6) is -0.00408. The van der Waals surface area contributed by atoms with Gasteiger partial charge in [0.1, 0.15) is 0 Å². The van der Waals surface area contributed by atoms with Crippen molar-refractivity contribution in [2.75, 3.05) is 13.7 Å². The fraction of sp³-hybridized carbons (Fsp3) is 0.462. The van der Waals surface area contributed by atoms with E-state index in [-0.39, 0.29) is 23.8 Å². The number of isothiocyanates is 1. The summed E-state index contributed by atoms with van der Waals surface area (Å²) in [6, 6.07) is 17.0. The van der Waals surface area contributed by atoms with Gasteiger partial charge >= 0.3 is 5.97 Å². The lowest BCUT2D eigenvalue weighted by atomic mass is 9.76. The third-order valence-corrected chi connectivity index (χ3v) is 7.42. The number of aryl methyl sites for hydroxylation is 1. The summed E-state index contributed by atoms with van der Waals surface area (Å²) in [6.07, 6.45) is 6.50. The van der Waals surface area contributed by atoms with E-state index in [9.17, 15) is 4.79 Å². The number of hydrogen-bond donors (Lipinski definition) is 0. The summed E-state index contributed by atoms with van der Waals surface area (Å²) in [4.78, 5) is 19.4. The number of unbranched alkanes of at least 4 members (excludes halogenated alkanes) is 1. The number of nitrogens with zero attached hydrogens (tertiary/aromatic N) is 2. The number of methoxy groups -OCH3 is 1. The number of fused-ring (bicyclic) bond motifs is 2. The highest BCUT2D eigenvalue weighted by molar-refractivity contribution is 7.78. The summed E-state index contributed by atoms with van der Waals surface area (Å²) in [7, 11) is 1.51. The first-order valence-electron chi connectivity index (χ1n) is 11.4. The van der Waals surface area contributed by atoms with Crippen molar-refractivity contribution in [3.63, 3.8) is 0 Å². The van der Waals surface area contributed by atoms with Crippen LogP contribution in [0.1, 0.15) is 49.1 Å². The predicted octanol–water partition coefficient (Wildman–Crippen LogP) is 6.21. The zero-order chi connectivity index (χ0) is 22.5. The minimum absolute atomic E-state index is 0.0839. The molecule has 4 rings (SSSR count). The minimum atomic E-state index is -0.116. The molecule has 2 bridgehead atoms. The fourth-order valence-corrected chi connectivity index (χ4v) is 5.82. The molecule has 0 N–H and O–H groups in total. The van der Waals surface area contributed by atoms with Gasteiger partial charge in [0.15, 0.2) is 0 Å². The second kappa shape index (κ2) is 10.7. The van der Waals surface area contributed by atoms with Crippen molar-refractivity contribution in [3.05, 3.63) is 64.7 Å². The summed E-state index contributed by atoms with van der Waals surface area (Å²) >= 11 is 10.8. The second-order valence-electron chi connectivity index (χ2n) is 8.81. The first-order chi connectivity index (χ1) is 15.6. The maximum Gasteiger partial charge on any atom is 0.310 e. The molecule has 2 heterocycles. The van der Waals surface area contributed by atoms with Crippen LogP contribution in [0.5, 0.6) is 0 Å². The Balaban J connectivity index is 1.38. The van der Waals surface area contributed by atoms with Crippen LogP contribution < -0.4 is 0 Å². The van der Waals surface area contributed by atoms with Gasteiger partial charge in [0.25, 0.3) is 0 Å². The molecule has 4 nitrogen and oxygen atoms in total. The number of hydrogen-bond acceptors (Lipinski definition) is 5. The van der Waals surface area contributed by atoms with Gasteiger partial charge in [0.05, 0.1) is 23.9 Å². The Labute approximate surface area is 200 Å². The molecule has 0 amide bonds. The van der Waals surface area contributed by atoms with E-state index >= 15 is 0 Å². The summed E-state index contributed by atoms with van der Waals surface area (Å²) in [6.45, 7) is 1.03. The normalized spacial score (nSPS) is 24.7. The molecule has 2 aromatic rings. The van der Waals surface area contributed by atoms with E-state index in [0.29, 0.717) is 6.04 Å². The van der Waals surface area contributed by atoms with Crippen LogP contribution in [-0.2, 0) is 16.0 Å². The van der Waals surface area contributed by atoms with Gasteiger partial charge in [-0.1, -0.05) is 35.9 Å². The Kier molecular flexibility index (Phi) is 7.75. The van der Waals surface area contributed by atoms with E-state index in [2.05, 4.69) is 51.5 Å². The number of carbonyl (C=O) groups excluding carboxylic acids is 1. The highest BCUT2D eigenvalue weighted by Gasteiger charge is 2.50. The largest absolute Gasteiger partial charge is 0.469 e. The average Bonchev–Trinajstić information content (AvgIpc) is 3.08. The number of carbonyl (C=O) groups is 1. The number of ether oxygens (including phenoxy) is 1. The van der Waals surface area contributed by atoms with Gasteiger partial charge in [-0.25, -0.2) is 0 Å². The van der Waals surface area contributed by atoms with Crippen molar-refractivity contribution in [3.8, 4) is 0 Å². The number of halogens is 1. The Morgan fingerprint density at radius 2 is 1.91 bits per heavy atom. The Morgan fingerprint density at radius 1 is 1.16 bits per heavy atom. The molecular weight excluding hydrogens is 440 g/mol. The van der Waals surface area contributed by atoms with E-state index in [1.807, 2.05) is 24.3 Å². The van der Waals surface area contributed by atoms with E-state index in [1.54, 1.807) is 0 Å². The molecule has 2 aliphatic rings. The van der Waals surface area contributed by atoms with Gasteiger partial charge in [-0.2, -0.15) is 4.99 Å². The number of esters is 1. The Morgan fingerprint density at radius 3 is 2.59 bits per heavy atom. The number of piperidine rings is 1. The van der Waals surface area contributed by atoms with E-state index in [4.69, 9.17) is 16.3 Å². The van der Waals surface area contributed by atoms with E-state index < -0.39 is 0 Å². The lowest BCUT2D eigenvalue weighted by Crippen LogP contribution is -2.51. The second-order valence-corrected chi connectivity index (χ2v) is 9.42. The number of rotatable bonds is 8. The standard InChI is InChI=1S/C26H29ClN2O2S/c1-31-26(30)25-23(19-7-9-20(27)10-8-19)16-22-13-14-24(25)29(22)15-3-2-4-18-5-11-21(12-6-18)28-17-32/h5-12,22-25H,2-4,13-16H2,1H3. The first-order valence-corrected chi connectivity index (χ1v) is 12.1. The molecule has 2 fully saturated rings. The van der Waals surface area contributed by atoms with Gasteiger partial charge in [0.2, 0.25) is 0 Å². The molecule has 6 heteroatoms. The van der Waals surface area contributed by atoms with Crippen LogP contribution in [0.2, 0.25) is 5.02 Å². The van der Waals surface area contributed by atoms with Crippen molar-refractivity contribution in [1.82, 2.24) is 4.90 Å². The van der Waals surface area contributed by atoms with Crippen molar-refractivity contribution < 1.29 is 9.53 Å². The number of benzene rings is 2. The van der Waals surface area contributed by atoms with Gasteiger partial charge in [0, 0.05) is 23.0 Å². The third kappa shape index (κ3) is 5.13. The molecule has 2 aromatic carbocycles. The lowest BCUT2D eigenvalue weighted by Gasteiger charge is -2.43. The molecule has 168 valence electrons. The van der Waals surface area contributed by atoms with Crippen LogP contribution in [0, 0.1) is 5.92 Å². The molecule has 4 unspecified atom stereocenters.